The zero-order valence-electron chi connectivity index (χ0n) is 20.7. The molecule has 0 spiro atoms. The van der Waals surface area contributed by atoms with E-state index in [1.165, 1.54) is 26.0 Å². The van der Waals surface area contributed by atoms with Crippen LogP contribution in [0.4, 0.5) is 4.39 Å². The van der Waals surface area contributed by atoms with Crippen molar-refractivity contribution in [3.05, 3.63) is 78.7 Å². The molecule has 0 bridgehead atoms. The minimum absolute atomic E-state index is 0.00621. The van der Waals surface area contributed by atoms with Gasteiger partial charge in [0, 0.05) is 0 Å². The molecule has 0 heterocycles. The fourth-order valence-electron chi connectivity index (χ4n) is 2.50. The summed E-state index contributed by atoms with van der Waals surface area (Å²) in [6, 6.07) is 9.11. The van der Waals surface area contributed by atoms with E-state index in [1.54, 1.807) is 31.2 Å². The number of ether oxygens (including phenoxy) is 4. The van der Waals surface area contributed by atoms with Gasteiger partial charge < -0.3 is 0 Å². The molecule has 2 rings (SSSR count). The molecule has 0 aliphatic heterocycles. The third-order valence-electron chi connectivity index (χ3n) is 4.40. The second kappa shape index (κ2) is 14.2. The molecule has 0 aliphatic carbocycles. The number of alkyl halides is 1. The molecule has 0 radical (unpaired) electrons. The summed E-state index contributed by atoms with van der Waals surface area (Å²) in [6.07, 6.45) is 0. The van der Waals surface area contributed by atoms with E-state index in [0.717, 1.165) is 0 Å². The van der Waals surface area contributed by atoms with Crippen LogP contribution in [0.3, 0.4) is 0 Å². The van der Waals surface area contributed by atoms with E-state index in [2.05, 4.69) is 19.7 Å². The first kappa shape index (κ1) is 29.6. The van der Waals surface area contributed by atoms with Gasteiger partial charge in [-0.15, -0.1) is 0 Å². The summed E-state index contributed by atoms with van der Waals surface area (Å²) in [5, 5.41) is 0. The van der Waals surface area contributed by atoms with Gasteiger partial charge in [-0.05, 0) is 0 Å². The number of rotatable bonds is 13. The van der Waals surface area contributed by atoms with Crippen molar-refractivity contribution in [2.24, 2.45) is 0 Å². The first-order valence-corrected chi connectivity index (χ1v) is 13.3. The topological polar surface area (TPSA) is 97.4 Å². The molecule has 198 valence electrons. The molecule has 0 amide bonds. The molecule has 0 atom stereocenters. The van der Waals surface area contributed by atoms with Gasteiger partial charge in [-0.25, -0.2) is 0 Å². The van der Waals surface area contributed by atoms with Crippen molar-refractivity contribution >= 4 is 17.9 Å². The van der Waals surface area contributed by atoms with Gasteiger partial charge >= 0.3 is 226 Å². The molecule has 8 nitrogen and oxygen atoms in total. The second-order valence-electron chi connectivity index (χ2n) is 7.75. The standard InChI is InChI=1S/C27H27FIO8/c1-16(2)25(30)34-12-11-33-23-10-8-20(14-24(23)37-29-15-35-26(31)17(3)4)19-7-9-22(21(28)13-19)36-27(32)18(5)6/h7-10,13-14H,1,3,5,11-12,15H2,2,4,6H3/q-1. The molecular formula is C27H27FIO8-. The maximum absolute atomic E-state index is 14.6. The summed E-state index contributed by atoms with van der Waals surface area (Å²) in [6.45, 7) is 15.1. The van der Waals surface area contributed by atoms with Gasteiger partial charge in [0.15, 0.2) is 0 Å². The van der Waals surface area contributed by atoms with Crippen molar-refractivity contribution in [3.8, 4) is 28.4 Å². The normalized spacial score (nSPS) is 10.3. The SMILES string of the molecule is C=C(C)C(=O)OCCOc1ccc(-c2ccc(OC(=O)C(=C)C)c(F)c2)cc1O[I-]COC(=O)C(=C)C. The van der Waals surface area contributed by atoms with Gasteiger partial charge in [-0.1, -0.05) is 0 Å². The summed E-state index contributed by atoms with van der Waals surface area (Å²) >= 11 is -1.08. The van der Waals surface area contributed by atoms with E-state index in [9.17, 15) is 18.8 Å². The van der Waals surface area contributed by atoms with Crippen LogP contribution in [0.25, 0.3) is 11.1 Å². The van der Waals surface area contributed by atoms with E-state index in [0.29, 0.717) is 22.6 Å². The van der Waals surface area contributed by atoms with Gasteiger partial charge in [0.2, 0.25) is 0 Å². The zero-order valence-corrected chi connectivity index (χ0v) is 22.9. The Morgan fingerprint density at radius 1 is 0.757 bits per heavy atom. The average molecular weight is 625 g/mol. The van der Waals surface area contributed by atoms with Crippen molar-refractivity contribution in [3.63, 3.8) is 0 Å². The van der Waals surface area contributed by atoms with Crippen LogP contribution in [0, 0.1) is 5.82 Å². The Morgan fingerprint density at radius 3 is 1.92 bits per heavy atom. The monoisotopic (exact) mass is 625 g/mol. The molecule has 0 fully saturated rings. The fraction of sp³-hybridized carbons (Fsp3) is 0.222. The second-order valence-corrected chi connectivity index (χ2v) is 9.43. The number of esters is 3. The van der Waals surface area contributed by atoms with Crippen LogP contribution in [0.2, 0.25) is 0 Å². The van der Waals surface area contributed by atoms with Gasteiger partial charge in [0.05, 0.1) is 0 Å². The Labute approximate surface area is 225 Å². The molecule has 0 saturated carbocycles. The minimum atomic E-state index is -1.08. The van der Waals surface area contributed by atoms with Crippen LogP contribution in [-0.2, 0) is 23.9 Å². The Bertz CT molecular complexity index is 1220. The maximum atomic E-state index is 14.6. The van der Waals surface area contributed by atoms with Crippen LogP contribution in [0.1, 0.15) is 20.8 Å². The van der Waals surface area contributed by atoms with Gasteiger partial charge in [-0.2, -0.15) is 0 Å². The predicted octanol–water partition coefficient (Wildman–Crippen LogP) is 1.93. The Hall–Kier alpha value is -3.67. The van der Waals surface area contributed by atoms with Crippen molar-refractivity contribution in [1.82, 2.24) is 0 Å². The van der Waals surface area contributed by atoms with E-state index >= 15 is 0 Å². The molecular weight excluding hydrogens is 598 g/mol. The van der Waals surface area contributed by atoms with Crippen LogP contribution in [0.15, 0.2) is 72.9 Å². The Morgan fingerprint density at radius 2 is 1.32 bits per heavy atom. The first-order valence-electron chi connectivity index (χ1n) is 10.9. The van der Waals surface area contributed by atoms with Crippen molar-refractivity contribution in [2.75, 3.05) is 17.8 Å². The molecule has 0 aromatic heterocycles. The number of hydrogen-bond acceptors (Lipinski definition) is 8. The Kier molecular flexibility index (Phi) is 11.3. The molecule has 2 aromatic carbocycles. The third kappa shape index (κ3) is 9.37. The number of halogens is 2. The van der Waals surface area contributed by atoms with E-state index in [4.69, 9.17) is 22.0 Å². The number of benzene rings is 2. The molecule has 0 saturated heterocycles. The van der Waals surface area contributed by atoms with E-state index in [1.807, 2.05) is 0 Å². The van der Waals surface area contributed by atoms with E-state index < -0.39 is 45.3 Å². The van der Waals surface area contributed by atoms with Crippen molar-refractivity contribution < 1.29 is 62.4 Å². The molecule has 10 heteroatoms. The van der Waals surface area contributed by atoms with Crippen LogP contribution < -0.4 is 34.2 Å². The third-order valence-corrected chi connectivity index (χ3v) is 5.75. The number of carbonyl (C=O) groups is 3. The number of carbonyl (C=O) groups excluding carboxylic acids is 3. The molecule has 0 N–H and O–H groups in total. The number of hydrogen-bond donors (Lipinski definition) is 0. The molecule has 0 aliphatic rings. The van der Waals surface area contributed by atoms with Gasteiger partial charge in [0.25, 0.3) is 0 Å². The summed E-state index contributed by atoms with van der Waals surface area (Å²) < 4.78 is 41.3. The summed E-state index contributed by atoms with van der Waals surface area (Å²) in [4.78, 5) is 34.8. The fourth-order valence-corrected chi connectivity index (χ4v) is 3.72. The summed E-state index contributed by atoms with van der Waals surface area (Å²) in [7, 11) is 0. The summed E-state index contributed by atoms with van der Waals surface area (Å²) in [5.41, 5.74) is 1.78. The van der Waals surface area contributed by atoms with Crippen molar-refractivity contribution in [1.29, 1.82) is 0 Å². The molecule has 0 unspecified atom stereocenters. The van der Waals surface area contributed by atoms with Gasteiger partial charge in [0.1, 0.15) is 0 Å². The van der Waals surface area contributed by atoms with Gasteiger partial charge in [-0.3, -0.25) is 0 Å². The van der Waals surface area contributed by atoms with Crippen LogP contribution in [-0.4, -0.2) is 35.7 Å². The van der Waals surface area contributed by atoms with Crippen LogP contribution in [0.5, 0.6) is 17.2 Å². The first-order chi connectivity index (χ1) is 17.5. The van der Waals surface area contributed by atoms with E-state index in [-0.39, 0.29) is 40.3 Å². The molecule has 37 heavy (non-hydrogen) atoms. The van der Waals surface area contributed by atoms with Crippen molar-refractivity contribution in [2.45, 2.75) is 20.8 Å². The van der Waals surface area contributed by atoms with Crippen LogP contribution >= 0.6 is 0 Å². The predicted molar refractivity (Wildman–Crippen MR) is 130 cm³/mol. The Balaban J connectivity index is 2.20. The molecule has 2 aromatic rings. The summed E-state index contributed by atoms with van der Waals surface area (Å²) in [5.74, 6) is -2.03. The quantitative estimate of drug-likeness (QED) is 0.0833. The zero-order chi connectivity index (χ0) is 27.5. The average Bonchev–Trinajstić information content (AvgIpc) is 2.85.